The van der Waals surface area contributed by atoms with Gasteiger partial charge in [0.1, 0.15) is 0 Å². The van der Waals surface area contributed by atoms with Gasteiger partial charge in [-0.2, -0.15) is 0 Å². The molecule has 1 aliphatic heterocycles. The minimum absolute atomic E-state index is 0.00954. The standard InChI is InChI=1S/C14H20N2OS2/c15-7-1-2-8-16-13(17)11-3-5-12(6-4-11)14-18-9-10-19-14/h3-6,14H,1-2,7-10,15H2,(H,16,17). The molecule has 2 rings (SSSR count). The average Bonchev–Trinajstić information content (AvgIpc) is 2.98. The van der Waals surface area contributed by atoms with E-state index >= 15 is 0 Å². The fourth-order valence-electron chi connectivity index (χ4n) is 1.92. The first-order chi connectivity index (χ1) is 9.31. The van der Waals surface area contributed by atoms with Crippen LogP contribution in [0.3, 0.4) is 0 Å². The number of benzene rings is 1. The Morgan fingerprint density at radius 3 is 2.53 bits per heavy atom. The summed E-state index contributed by atoms with van der Waals surface area (Å²) in [5.41, 5.74) is 7.47. The molecular formula is C14H20N2OS2. The topological polar surface area (TPSA) is 55.1 Å². The highest BCUT2D eigenvalue weighted by Crippen LogP contribution is 2.45. The summed E-state index contributed by atoms with van der Waals surface area (Å²) in [6, 6.07) is 8.00. The molecule has 1 amide bonds. The Morgan fingerprint density at radius 2 is 1.89 bits per heavy atom. The number of hydrogen-bond donors (Lipinski definition) is 2. The van der Waals surface area contributed by atoms with Crippen LogP contribution in [0.1, 0.15) is 33.3 Å². The SMILES string of the molecule is NCCCCNC(=O)c1ccc(C2SCCS2)cc1. The fourth-order valence-corrected chi connectivity index (χ4v) is 4.78. The third kappa shape index (κ3) is 4.44. The molecule has 0 aromatic heterocycles. The molecular weight excluding hydrogens is 276 g/mol. The number of carbonyl (C=O) groups excluding carboxylic acids is 1. The first-order valence-corrected chi connectivity index (χ1v) is 8.72. The molecule has 1 heterocycles. The first-order valence-electron chi connectivity index (χ1n) is 6.62. The number of hydrogen-bond acceptors (Lipinski definition) is 4. The average molecular weight is 296 g/mol. The molecule has 5 heteroatoms. The zero-order chi connectivity index (χ0) is 13.5. The third-order valence-electron chi connectivity index (χ3n) is 2.98. The Morgan fingerprint density at radius 1 is 1.21 bits per heavy atom. The molecule has 0 atom stereocenters. The molecule has 0 unspecified atom stereocenters. The highest BCUT2D eigenvalue weighted by atomic mass is 32.2. The van der Waals surface area contributed by atoms with Crippen molar-refractivity contribution >= 4 is 29.4 Å². The second-order valence-electron chi connectivity index (χ2n) is 4.45. The van der Waals surface area contributed by atoms with Crippen LogP contribution in [0.5, 0.6) is 0 Å². The van der Waals surface area contributed by atoms with E-state index in [4.69, 9.17) is 5.73 Å². The van der Waals surface area contributed by atoms with Crippen molar-refractivity contribution in [3.63, 3.8) is 0 Å². The number of nitrogens with one attached hydrogen (secondary N) is 1. The second-order valence-corrected chi connectivity index (χ2v) is 7.17. The number of rotatable bonds is 6. The van der Waals surface area contributed by atoms with Crippen LogP contribution >= 0.6 is 23.5 Å². The van der Waals surface area contributed by atoms with E-state index in [1.54, 1.807) is 0 Å². The van der Waals surface area contributed by atoms with Crippen LogP contribution in [0, 0.1) is 0 Å². The van der Waals surface area contributed by atoms with E-state index in [0.29, 0.717) is 17.7 Å². The summed E-state index contributed by atoms with van der Waals surface area (Å²) >= 11 is 3.96. The summed E-state index contributed by atoms with van der Waals surface area (Å²) in [4.78, 5) is 11.9. The van der Waals surface area contributed by atoms with Crippen molar-refractivity contribution in [3.8, 4) is 0 Å². The predicted molar refractivity (Wildman–Crippen MR) is 84.7 cm³/mol. The van der Waals surface area contributed by atoms with Crippen LogP contribution in [-0.2, 0) is 0 Å². The molecule has 3 nitrogen and oxygen atoms in total. The minimum atomic E-state index is 0.00954. The van der Waals surface area contributed by atoms with E-state index < -0.39 is 0 Å². The van der Waals surface area contributed by atoms with Gasteiger partial charge in [-0.25, -0.2) is 0 Å². The predicted octanol–water partition coefficient (Wildman–Crippen LogP) is 2.63. The molecule has 3 N–H and O–H groups in total. The van der Waals surface area contributed by atoms with Crippen LogP contribution < -0.4 is 11.1 Å². The molecule has 1 saturated heterocycles. The van der Waals surface area contributed by atoms with Gasteiger partial charge in [0.2, 0.25) is 0 Å². The maximum absolute atomic E-state index is 11.9. The molecule has 0 aliphatic carbocycles. The Kier molecular flexibility index (Phi) is 6.07. The van der Waals surface area contributed by atoms with Crippen LogP contribution in [0.15, 0.2) is 24.3 Å². The molecule has 0 radical (unpaired) electrons. The van der Waals surface area contributed by atoms with Crippen molar-refractivity contribution < 1.29 is 4.79 Å². The number of unbranched alkanes of at least 4 members (excludes halogenated alkanes) is 1. The monoisotopic (exact) mass is 296 g/mol. The molecule has 1 aromatic rings. The van der Waals surface area contributed by atoms with Gasteiger partial charge >= 0.3 is 0 Å². The van der Waals surface area contributed by atoms with E-state index in [9.17, 15) is 4.79 Å². The van der Waals surface area contributed by atoms with Gasteiger partial charge in [-0.3, -0.25) is 4.79 Å². The summed E-state index contributed by atoms with van der Waals surface area (Å²) in [6.45, 7) is 1.38. The lowest BCUT2D eigenvalue weighted by atomic mass is 10.1. The van der Waals surface area contributed by atoms with E-state index in [2.05, 4.69) is 17.4 Å². The summed E-state index contributed by atoms with van der Waals surface area (Å²) in [7, 11) is 0. The van der Waals surface area contributed by atoms with Gasteiger partial charge in [0.05, 0.1) is 4.58 Å². The minimum Gasteiger partial charge on any atom is -0.352 e. The van der Waals surface area contributed by atoms with Gasteiger partial charge in [0.25, 0.3) is 5.91 Å². The van der Waals surface area contributed by atoms with Crippen LogP contribution in [-0.4, -0.2) is 30.5 Å². The lowest BCUT2D eigenvalue weighted by Crippen LogP contribution is -2.24. The number of nitrogens with two attached hydrogens (primary N) is 1. The molecule has 104 valence electrons. The number of amides is 1. The number of carbonyl (C=O) groups is 1. The molecule has 19 heavy (non-hydrogen) atoms. The van der Waals surface area contributed by atoms with Crippen LogP contribution in [0.25, 0.3) is 0 Å². The zero-order valence-corrected chi connectivity index (χ0v) is 12.6. The highest BCUT2D eigenvalue weighted by Gasteiger charge is 2.18. The maximum Gasteiger partial charge on any atom is 0.251 e. The van der Waals surface area contributed by atoms with Gasteiger partial charge in [-0.05, 0) is 37.1 Å². The van der Waals surface area contributed by atoms with Crippen molar-refractivity contribution in [2.45, 2.75) is 17.4 Å². The summed E-state index contributed by atoms with van der Waals surface area (Å²) in [6.07, 6.45) is 1.89. The van der Waals surface area contributed by atoms with Crippen molar-refractivity contribution in [1.29, 1.82) is 0 Å². The summed E-state index contributed by atoms with van der Waals surface area (Å²) < 4.78 is 0.543. The second kappa shape index (κ2) is 7.82. The molecule has 0 bridgehead atoms. The molecule has 1 aromatic carbocycles. The zero-order valence-electron chi connectivity index (χ0n) is 10.9. The smallest absolute Gasteiger partial charge is 0.251 e. The van der Waals surface area contributed by atoms with Crippen LogP contribution in [0.2, 0.25) is 0 Å². The van der Waals surface area contributed by atoms with Crippen molar-refractivity contribution in [1.82, 2.24) is 5.32 Å². The Labute approximate surface area is 123 Å². The summed E-state index contributed by atoms with van der Waals surface area (Å²) in [5, 5.41) is 2.92. The molecule has 0 saturated carbocycles. The third-order valence-corrected chi connectivity index (χ3v) is 6.09. The van der Waals surface area contributed by atoms with Gasteiger partial charge < -0.3 is 11.1 Å². The largest absolute Gasteiger partial charge is 0.352 e. The normalized spacial score (nSPS) is 15.6. The Bertz CT molecular complexity index is 402. The number of thioether (sulfide) groups is 2. The Balaban J connectivity index is 1.85. The van der Waals surface area contributed by atoms with Crippen molar-refractivity contribution in [3.05, 3.63) is 35.4 Å². The van der Waals surface area contributed by atoms with Gasteiger partial charge in [0, 0.05) is 23.6 Å². The Hall–Kier alpha value is -0.650. The van der Waals surface area contributed by atoms with E-state index in [1.807, 2.05) is 35.7 Å². The summed E-state index contributed by atoms with van der Waals surface area (Å²) in [5.74, 6) is 2.45. The molecule has 1 aliphatic rings. The van der Waals surface area contributed by atoms with E-state index in [0.717, 1.165) is 18.4 Å². The molecule has 0 spiro atoms. The fraction of sp³-hybridized carbons (Fsp3) is 0.500. The quantitative estimate of drug-likeness (QED) is 0.792. The van der Waals surface area contributed by atoms with E-state index in [1.165, 1.54) is 17.1 Å². The van der Waals surface area contributed by atoms with Gasteiger partial charge in [0.15, 0.2) is 0 Å². The van der Waals surface area contributed by atoms with Crippen LogP contribution in [0.4, 0.5) is 0 Å². The molecule has 1 fully saturated rings. The van der Waals surface area contributed by atoms with Gasteiger partial charge in [-0.1, -0.05) is 12.1 Å². The lowest BCUT2D eigenvalue weighted by molar-refractivity contribution is 0.0953. The first kappa shape index (κ1) is 14.8. The van der Waals surface area contributed by atoms with Crippen molar-refractivity contribution in [2.24, 2.45) is 5.73 Å². The highest BCUT2D eigenvalue weighted by molar-refractivity contribution is 8.19. The maximum atomic E-state index is 11.9. The van der Waals surface area contributed by atoms with Crippen molar-refractivity contribution in [2.75, 3.05) is 24.6 Å². The lowest BCUT2D eigenvalue weighted by Gasteiger charge is -2.09. The van der Waals surface area contributed by atoms with E-state index in [-0.39, 0.29) is 5.91 Å². The van der Waals surface area contributed by atoms with Gasteiger partial charge in [-0.15, -0.1) is 23.5 Å².